The van der Waals surface area contributed by atoms with Crippen LogP contribution in [0.2, 0.25) is 0 Å². The van der Waals surface area contributed by atoms with Crippen LogP contribution in [-0.2, 0) is 4.74 Å². The molecule has 20 heavy (non-hydrogen) atoms. The van der Waals surface area contributed by atoms with Gasteiger partial charge in [-0.2, -0.15) is 5.26 Å². The maximum Gasteiger partial charge on any atom is 0.122 e. The molecule has 2 atom stereocenters. The van der Waals surface area contributed by atoms with E-state index < -0.39 is 0 Å². The fraction of sp³-hybridized carbons (Fsp3) is 0.938. The predicted octanol–water partition coefficient (Wildman–Crippen LogP) is 1.91. The number of nitriles is 1. The molecule has 1 saturated heterocycles. The molecule has 1 heterocycles. The van der Waals surface area contributed by atoms with Crippen LogP contribution in [0.15, 0.2) is 0 Å². The predicted molar refractivity (Wildman–Crippen MR) is 78.3 cm³/mol. The normalized spacial score (nSPS) is 29.9. The van der Waals surface area contributed by atoms with Gasteiger partial charge in [0.05, 0.1) is 12.2 Å². The van der Waals surface area contributed by atoms with Crippen molar-refractivity contribution in [2.75, 3.05) is 26.7 Å². The van der Waals surface area contributed by atoms with Crippen molar-refractivity contribution in [1.82, 2.24) is 10.2 Å². The third kappa shape index (κ3) is 3.52. The van der Waals surface area contributed by atoms with E-state index in [9.17, 15) is 5.26 Å². The Kier molecular flexibility index (Phi) is 4.30. The molecule has 0 bridgehead atoms. The molecule has 0 radical (unpaired) electrons. The Morgan fingerprint density at radius 1 is 1.25 bits per heavy atom. The van der Waals surface area contributed by atoms with Crippen molar-refractivity contribution in [3.05, 3.63) is 0 Å². The lowest BCUT2D eigenvalue weighted by Gasteiger charge is -2.35. The van der Waals surface area contributed by atoms with Gasteiger partial charge in [0, 0.05) is 25.7 Å². The van der Waals surface area contributed by atoms with E-state index in [-0.39, 0.29) is 5.54 Å². The standard InChI is InChI=1S/C16H27N3O/c1-19(10-15-4-2-3-9-20-15)12-16(11-17,13-5-6-13)18-14-7-8-14/h13-15,18H,2-10,12H2,1H3. The summed E-state index contributed by atoms with van der Waals surface area (Å²) in [6.45, 7) is 2.71. The quantitative estimate of drug-likeness (QED) is 0.772. The zero-order valence-corrected chi connectivity index (χ0v) is 12.6. The largest absolute Gasteiger partial charge is 0.377 e. The maximum atomic E-state index is 9.75. The van der Waals surface area contributed by atoms with Crippen LogP contribution < -0.4 is 5.32 Å². The minimum absolute atomic E-state index is 0.315. The van der Waals surface area contributed by atoms with Crippen LogP contribution in [0.3, 0.4) is 0 Å². The highest BCUT2D eigenvalue weighted by Crippen LogP contribution is 2.41. The summed E-state index contributed by atoms with van der Waals surface area (Å²) in [6.07, 6.45) is 8.92. The molecule has 4 nitrogen and oxygen atoms in total. The highest BCUT2D eigenvalue weighted by atomic mass is 16.5. The van der Waals surface area contributed by atoms with Crippen LogP contribution in [-0.4, -0.2) is 49.3 Å². The number of rotatable bonds is 7. The Morgan fingerprint density at radius 3 is 2.60 bits per heavy atom. The van der Waals surface area contributed by atoms with Gasteiger partial charge in [0.1, 0.15) is 5.54 Å². The molecular weight excluding hydrogens is 250 g/mol. The highest BCUT2D eigenvalue weighted by Gasteiger charge is 2.48. The van der Waals surface area contributed by atoms with E-state index >= 15 is 0 Å². The van der Waals surface area contributed by atoms with E-state index in [2.05, 4.69) is 23.3 Å². The number of nitrogens with zero attached hydrogens (tertiary/aromatic N) is 2. The van der Waals surface area contributed by atoms with Crippen molar-refractivity contribution < 1.29 is 4.74 Å². The van der Waals surface area contributed by atoms with Crippen LogP contribution in [0, 0.1) is 17.2 Å². The maximum absolute atomic E-state index is 9.75. The first-order valence-corrected chi connectivity index (χ1v) is 8.21. The SMILES string of the molecule is CN(CC1CCCCO1)CC(C#N)(NC1CC1)C1CC1. The number of likely N-dealkylation sites (N-methyl/N-ethyl adjacent to an activating group) is 1. The van der Waals surface area contributed by atoms with Gasteiger partial charge < -0.3 is 9.64 Å². The molecule has 0 aromatic carbocycles. The van der Waals surface area contributed by atoms with E-state index in [1.807, 2.05) is 0 Å². The van der Waals surface area contributed by atoms with Gasteiger partial charge in [-0.1, -0.05) is 0 Å². The molecule has 2 aliphatic carbocycles. The summed E-state index contributed by atoms with van der Waals surface area (Å²) < 4.78 is 5.82. The Morgan fingerprint density at radius 2 is 2.05 bits per heavy atom. The van der Waals surface area contributed by atoms with Crippen LogP contribution in [0.25, 0.3) is 0 Å². The minimum atomic E-state index is -0.315. The number of hydrogen-bond acceptors (Lipinski definition) is 4. The van der Waals surface area contributed by atoms with E-state index in [0.29, 0.717) is 18.1 Å². The molecule has 0 aromatic heterocycles. The number of hydrogen-bond donors (Lipinski definition) is 1. The molecule has 3 aliphatic rings. The molecule has 0 aromatic rings. The number of nitrogens with one attached hydrogen (secondary N) is 1. The lowest BCUT2D eigenvalue weighted by Crippen LogP contribution is -2.55. The van der Waals surface area contributed by atoms with Crippen LogP contribution in [0.1, 0.15) is 44.9 Å². The van der Waals surface area contributed by atoms with Crippen LogP contribution in [0.4, 0.5) is 0 Å². The first-order chi connectivity index (χ1) is 9.72. The first-order valence-electron chi connectivity index (χ1n) is 8.21. The summed E-state index contributed by atoms with van der Waals surface area (Å²) in [5.74, 6) is 0.558. The summed E-state index contributed by atoms with van der Waals surface area (Å²) >= 11 is 0. The molecule has 1 aliphatic heterocycles. The smallest absolute Gasteiger partial charge is 0.122 e. The molecule has 3 rings (SSSR count). The van der Waals surface area contributed by atoms with Crippen LogP contribution >= 0.6 is 0 Å². The summed E-state index contributed by atoms with van der Waals surface area (Å²) in [6, 6.07) is 3.22. The Labute approximate surface area is 122 Å². The average molecular weight is 277 g/mol. The first kappa shape index (κ1) is 14.3. The molecule has 1 N–H and O–H groups in total. The van der Waals surface area contributed by atoms with Crippen LogP contribution in [0.5, 0.6) is 0 Å². The fourth-order valence-corrected chi connectivity index (χ4v) is 3.41. The molecule has 2 saturated carbocycles. The molecular formula is C16H27N3O. The van der Waals surface area contributed by atoms with Gasteiger partial charge in [0.15, 0.2) is 0 Å². The van der Waals surface area contributed by atoms with Gasteiger partial charge in [0.25, 0.3) is 0 Å². The van der Waals surface area contributed by atoms with Crippen molar-refractivity contribution in [2.24, 2.45) is 5.92 Å². The molecule has 0 spiro atoms. The fourth-order valence-electron chi connectivity index (χ4n) is 3.41. The summed E-state index contributed by atoms with van der Waals surface area (Å²) in [5.41, 5.74) is -0.315. The Bertz CT molecular complexity index is 366. The number of ether oxygens (including phenoxy) is 1. The monoisotopic (exact) mass is 277 g/mol. The molecule has 4 heteroatoms. The lowest BCUT2D eigenvalue weighted by atomic mass is 9.93. The van der Waals surface area contributed by atoms with E-state index in [1.165, 1.54) is 44.9 Å². The molecule has 0 amide bonds. The van der Waals surface area contributed by atoms with Gasteiger partial charge >= 0.3 is 0 Å². The second-order valence-electron chi connectivity index (χ2n) is 6.96. The van der Waals surface area contributed by atoms with Crippen molar-refractivity contribution in [1.29, 1.82) is 5.26 Å². The molecule has 3 fully saturated rings. The van der Waals surface area contributed by atoms with E-state index in [4.69, 9.17) is 4.74 Å². The summed E-state index contributed by atoms with van der Waals surface area (Å²) in [7, 11) is 2.14. The Balaban J connectivity index is 1.55. The zero-order valence-electron chi connectivity index (χ0n) is 12.6. The van der Waals surface area contributed by atoms with Crippen molar-refractivity contribution in [3.8, 4) is 6.07 Å². The van der Waals surface area contributed by atoms with Crippen molar-refractivity contribution in [2.45, 2.75) is 62.6 Å². The van der Waals surface area contributed by atoms with Gasteiger partial charge in [-0.05, 0) is 57.9 Å². The second kappa shape index (κ2) is 6.01. The zero-order chi connectivity index (χ0) is 14.0. The van der Waals surface area contributed by atoms with Crippen molar-refractivity contribution >= 4 is 0 Å². The van der Waals surface area contributed by atoms with Gasteiger partial charge in [-0.3, -0.25) is 5.32 Å². The minimum Gasteiger partial charge on any atom is -0.377 e. The topological polar surface area (TPSA) is 48.3 Å². The third-order valence-corrected chi connectivity index (χ3v) is 4.82. The van der Waals surface area contributed by atoms with E-state index in [1.54, 1.807) is 0 Å². The van der Waals surface area contributed by atoms with Gasteiger partial charge in [-0.25, -0.2) is 0 Å². The van der Waals surface area contributed by atoms with Gasteiger partial charge in [0.2, 0.25) is 0 Å². The Hall–Kier alpha value is -0.630. The average Bonchev–Trinajstić information content (AvgIpc) is 3.32. The summed E-state index contributed by atoms with van der Waals surface area (Å²) in [4.78, 5) is 2.31. The lowest BCUT2D eigenvalue weighted by molar-refractivity contribution is -0.00456. The van der Waals surface area contributed by atoms with Gasteiger partial charge in [-0.15, -0.1) is 0 Å². The summed E-state index contributed by atoms with van der Waals surface area (Å²) in [5, 5.41) is 13.4. The molecule has 112 valence electrons. The van der Waals surface area contributed by atoms with Crippen molar-refractivity contribution in [3.63, 3.8) is 0 Å². The van der Waals surface area contributed by atoms with E-state index in [0.717, 1.165) is 19.7 Å². The second-order valence-corrected chi connectivity index (χ2v) is 6.96. The third-order valence-electron chi connectivity index (χ3n) is 4.82. The highest BCUT2D eigenvalue weighted by molar-refractivity contribution is 5.18. The molecule has 2 unspecified atom stereocenters.